The molecule has 5 heteroatoms. The molecule has 29 heavy (non-hydrogen) atoms. The summed E-state index contributed by atoms with van der Waals surface area (Å²) in [6, 6.07) is 20.5. The van der Waals surface area contributed by atoms with Crippen molar-refractivity contribution in [2.75, 3.05) is 39.3 Å². The van der Waals surface area contributed by atoms with Crippen LogP contribution >= 0.6 is 0 Å². The van der Waals surface area contributed by atoms with E-state index in [2.05, 4.69) is 34.5 Å². The van der Waals surface area contributed by atoms with Crippen molar-refractivity contribution in [2.45, 2.75) is 25.7 Å². The van der Waals surface area contributed by atoms with Gasteiger partial charge in [-0.2, -0.15) is 0 Å². The highest BCUT2D eigenvalue weighted by Gasteiger charge is 2.21. The van der Waals surface area contributed by atoms with Crippen molar-refractivity contribution in [2.24, 2.45) is 0 Å². The Hall–Kier alpha value is -2.66. The second-order valence-corrected chi connectivity index (χ2v) is 7.58. The van der Waals surface area contributed by atoms with E-state index in [-0.39, 0.29) is 11.8 Å². The molecule has 5 nitrogen and oxygen atoms in total. The molecule has 0 aromatic heterocycles. The van der Waals surface area contributed by atoms with Crippen LogP contribution < -0.4 is 5.32 Å². The molecule has 1 saturated heterocycles. The number of hydrogen-bond donors (Lipinski definition) is 1. The molecule has 1 fully saturated rings. The molecule has 1 aliphatic heterocycles. The maximum Gasteiger partial charge on any atom is 0.234 e. The molecule has 3 rings (SSSR count). The van der Waals surface area contributed by atoms with Gasteiger partial charge in [-0.05, 0) is 30.4 Å². The highest BCUT2D eigenvalue weighted by molar-refractivity contribution is 5.78. The van der Waals surface area contributed by atoms with E-state index in [0.29, 0.717) is 32.6 Å². The van der Waals surface area contributed by atoms with Gasteiger partial charge >= 0.3 is 0 Å². The zero-order valence-corrected chi connectivity index (χ0v) is 17.1. The molecule has 154 valence electrons. The molecule has 0 radical (unpaired) electrons. The quantitative estimate of drug-likeness (QED) is 0.712. The second kappa shape index (κ2) is 11.4. The molecule has 2 aromatic rings. The highest BCUT2D eigenvalue weighted by atomic mass is 16.2. The number of nitrogens with zero attached hydrogens (tertiary/aromatic N) is 2. The molecule has 2 amide bonds. The SMILES string of the molecule is O=C(CN1CCN(C(=O)CCCc2ccccc2)CC1)NCCc1ccccc1. The number of hydrogen-bond acceptors (Lipinski definition) is 3. The number of piperazine rings is 1. The van der Waals surface area contributed by atoms with Crippen molar-refractivity contribution < 1.29 is 9.59 Å². The van der Waals surface area contributed by atoms with E-state index in [4.69, 9.17) is 0 Å². The summed E-state index contributed by atoms with van der Waals surface area (Å²) < 4.78 is 0. The maximum absolute atomic E-state index is 12.4. The first-order valence-corrected chi connectivity index (χ1v) is 10.6. The summed E-state index contributed by atoms with van der Waals surface area (Å²) in [5, 5.41) is 2.99. The molecule has 0 unspecified atom stereocenters. The smallest absolute Gasteiger partial charge is 0.234 e. The maximum atomic E-state index is 12.4. The summed E-state index contributed by atoms with van der Waals surface area (Å²) in [7, 11) is 0. The Morgan fingerprint density at radius 1 is 0.793 bits per heavy atom. The first-order valence-electron chi connectivity index (χ1n) is 10.6. The van der Waals surface area contributed by atoms with Crippen LogP contribution in [0.2, 0.25) is 0 Å². The standard InChI is InChI=1S/C24H31N3O2/c28-23(25-15-14-22-10-5-2-6-11-22)20-26-16-18-27(19-17-26)24(29)13-7-12-21-8-3-1-4-9-21/h1-6,8-11H,7,12-20H2,(H,25,28). The van der Waals surface area contributed by atoms with Gasteiger partial charge in [0.1, 0.15) is 0 Å². The number of benzene rings is 2. The van der Waals surface area contributed by atoms with E-state index < -0.39 is 0 Å². The van der Waals surface area contributed by atoms with Gasteiger partial charge < -0.3 is 10.2 Å². The van der Waals surface area contributed by atoms with Crippen molar-refractivity contribution in [3.8, 4) is 0 Å². The summed E-state index contributed by atoms with van der Waals surface area (Å²) in [6.45, 7) is 4.00. The Labute approximate surface area is 173 Å². The lowest BCUT2D eigenvalue weighted by molar-refractivity contribution is -0.133. The van der Waals surface area contributed by atoms with Crippen molar-refractivity contribution in [3.63, 3.8) is 0 Å². The third-order valence-electron chi connectivity index (χ3n) is 5.37. The number of amides is 2. The molecule has 2 aromatic carbocycles. The lowest BCUT2D eigenvalue weighted by atomic mass is 10.1. The number of rotatable bonds is 9. The predicted octanol–water partition coefficient (Wildman–Crippen LogP) is 2.51. The van der Waals surface area contributed by atoms with Crippen LogP contribution in [-0.2, 0) is 22.4 Å². The van der Waals surface area contributed by atoms with Crippen LogP contribution in [0.15, 0.2) is 60.7 Å². The van der Waals surface area contributed by atoms with E-state index >= 15 is 0 Å². The summed E-state index contributed by atoms with van der Waals surface area (Å²) in [6.07, 6.45) is 3.26. The Morgan fingerprint density at radius 3 is 2.00 bits per heavy atom. The fourth-order valence-electron chi connectivity index (χ4n) is 3.65. The Kier molecular flexibility index (Phi) is 8.25. The number of carbonyl (C=O) groups is 2. The molecule has 0 saturated carbocycles. The molecule has 1 N–H and O–H groups in total. The minimum atomic E-state index is 0.0589. The van der Waals surface area contributed by atoms with E-state index in [1.54, 1.807) is 0 Å². The zero-order valence-electron chi connectivity index (χ0n) is 17.1. The van der Waals surface area contributed by atoms with Crippen molar-refractivity contribution >= 4 is 11.8 Å². The molecule has 0 bridgehead atoms. The van der Waals surface area contributed by atoms with Gasteiger partial charge in [0.05, 0.1) is 6.54 Å². The molecule has 1 heterocycles. The van der Waals surface area contributed by atoms with Gasteiger partial charge in [-0.25, -0.2) is 0 Å². The lowest BCUT2D eigenvalue weighted by Gasteiger charge is -2.34. The summed E-state index contributed by atoms with van der Waals surface area (Å²) in [5.41, 5.74) is 2.51. The largest absolute Gasteiger partial charge is 0.355 e. The van der Waals surface area contributed by atoms with Crippen molar-refractivity contribution in [3.05, 3.63) is 71.8 Å². The normalized spacial score (nSPS) is 14.6. The summed E-state index contributed by atoms with van der Waals surface area (Å²) in [5.74, 6) is 0.288. The van der Waals surface area contributed by atoms with Gasteiger partial charge in [-0.15, -0.1) is 0 Å². The van der Waals surface area contributed by atoms with Gasteiger partial charge in [0, 0.05) is 39.1 Å². The average Bonchev–Trinajstić information content (AvgIpc) is 2.76. The van der Waals surface area contributed by atoms with Crippen LogP contribution in [0.5, 0.6) is 0 Å². The molecule has 1 aliphatic rings. The fourth-order valence-corrected chi connectivity index (χ4v) is 3.65. The van der Waals surface area contributed by atoms with E-state index in [1.165, 1.54) is 11.1 Å². The average molecular weight is 394 g/mol. The van der Waals surface area contributed by atoms with E-state index in [1.807, 2.05) is 41.3 Å². The molecular formula is C24H31N3O2. The topological polar surface area (TPSA) is 52.7 Å². The number of aryl methyl sites for hydroxylation is 1. The first kappa shape index (κ1) is 21.1. The van der Waals surface area contributed by atoms with Crippen LogP contribution in [0, 0.1) is 0 Å². The summed E-state index contributed by atoms with van der Waals surface area (Å²) >= 11 is 0. The van der Waals surface area contributed by atoms with Crippen LogP contribution in [0.25, 0.3) is 0 Å². The third kappa shape index (κ3) is 7.35. The number of nitrogens with one attached hydrogen (secondary N) is 1. The highest BCUT2D eigenvalue weighted by Crippen LogP contribution is 2.09. The first-order chi connectivity index (χ1) is 14.2. The van der Waals surface area contributed by atoms with Gasteiger partial charge in [0.15, 0.2) is 0 Å². The number of carbonyl (C=O) groups excluding carboxylic acids is 2. The Bertz CT molecular complexity index is 756. The monoisotopic (exact) mass is 393 g/mol. The Balaban J connectivity index is 1.28. The molecule has 0 spiro atoms. The predicted molar refractivity (Wildman–Crippen MR) is 116 cm³/mol. The second-order valence-electron chi connectivity index (χ2n) is 7.58. The summed E-state index contributed by atoms with van der Waals surface area (Å²) in [4.78, 5) is 28.7. The molecule has 0 atom stereocenters. The lowest BCUT2D eigenvalue weighted by Crippen LogP contribution is -2.51. The molecule has 0 aliphatic carbocycles. The van der Waals surface area contributed by atoms with Gasteiger partial charge in [0.2, 0.25) is 11.8 Å². The minimum Gasteiger partial charge on any atom is -0.355 e. The van der Waals surface area contributed by atoms with Crippen LogP contribution in [0.4, 0.5) is 0 Å². The van der Waals surface area contributed by atoms with Crippen LogP contribution in [0.1, 0.15) is 24.0 Å². The van der Waals surface area contributed by atoms with Gasteiger partial charge in [-0.3, -0.25) is 14.5 Å². The van der Waals surface area contributed by atoms with Gasteiger partial charge in [0.25, 0.3) is 0 Å². The molecular weight excluding hydrogens is 362 g/mol. The third-order valence-corrected chi connectivity index (χ3v) is 5.37. The Morgan fingerprint density at radius 2 is 1.38 bits per heavy atom. The van der Waals surface area contributed by atoms with E-state index in [0.717, 1.165) is 32.4 Å². The zero-order chi connectivity index (χ0) is 20.3. The fraction of sp³-hybridized carbons (Fsp3) is 0.417. The van der Waals surface area contributed by atoms with Crippen LogP contribution in [0.3, 0.4) is 0 Å². The van der Waals surface area contributed by atoms with Crippen LogP contribution in [-0.4, -0.2) is 60.9 Å². The van der Waals surface area contributed by atoms with Gasteiger partial charge in [-0.1, -0.05) is 60.7 Å². The van der Waals surface area contributed by atoms with Crippen molar-refractivity contribution in [1.29, 1.82) is 0 Å². The minimum absolute atomic E-state index is 0.0589. The van der Waals surface area contributed by atoms with E-state index in [9.17, 15) is 9.59 Å². The van der Waals surface area contributed by atoms with Crippen molar-refractivity contribution in [1.82, 2.24) is 15.1 Å².